The van der Waals surface area contributed by atoms with Crippen LogP contribution in [0.25, 0.3) is 21.8 Å². The van der Waals surface area contributed by atoms with Crippen LogP contribution in [-0.4, -0.2) is 154 Å². The zero-order valence-corrected chi connectivity index (χ0v) is 54.0. The van der Waals surface area contributed by atoms with Crippen LogP contribution in [0.4, 0.5) is 0 Å². The fourth-order valence-electron chi connectivity index (χ4n) is 11.3. The Morgan fingerprint density at radius 3 is 1.36 bits per heavy atom. The van der Waals surface area contributed by atoms with Crippen LogP contribution in [0.15, 0.2) is 141 Å². The number of unbranched alkanes of at least 4 members (excludes halogenated alkanes) is 1. The number of benzene rings is 4. The van der Waals surface area contributed by atoms with E-state index in [1.165, 1.54) is 37.2 Å². The van der Waals surface area contributed by atoms with E-state index in [4.69, 9.17) is 11.5 Å². The van der Waals surface area contributed by atoms with E-state index >= 15 is 19.2 Å². The van der Waals surface area contributed by atoms with Crippen LogP contribution in [0, 0.1) is 11.8 Å². The molecule has 8 aromatic rings. The third kappa shape index (κ3) is 19.9. The minimum Gasteiger partial charge on any atom is -0.508 e. The molecule has 10 atom stereocenters. The van der Waals surface area contributed by atoms with Gasteiger partial charge in [0.15, 0.2) is 0 Å². The third-order valence-corrected chi connectivity index (χ3v) is 16.9. The van der Waals surface area contributed by atoms with Gasteiger partial charge in [-0.25, -0.2) is 14.8 Å². The van der Waals surface area contributed by atoms with E-state index in [2.05, 4.69) is 72.4 Å². The van der Waals surface area contributed by atoms with E-state index in [0.29, 0.717) is 47.3 Å². The zero-order valence-electron chi connectivity index (χ0n) is 54.0. The summed E-state index contributed by atoms with van der Waals surface area (Å²) in [5.74, 6) is -8.60. The van der Waals surface area contributed by atoms with E-state index in [0.717, 1.165) is 27.4 Å². The second-order valence-electron chi connectivity index (χ2n) is 24.4. The molecular formula is C69H86N16O11. The predicted molar refractivity (Wildman–Crippen MR) is 359 cm³/mol. The Hall–Kier alpha value is -10.7. The summed E-state index contributed by atoms with van der Waals surface area (Å²) in [6.45, 7) is 7.11. The molecule has 0 saturated heterocycles. The molecule has 0 radical (unpaired) electrons. The molecule has 0 aliphatic carbocycles. The van der Waals surface area contributed by atoms with Crippen molar-refractivity contribution in [2.45, 2.75) is 146 Å². The standard InChI is InChI=1S/C69H86N16O11/c1-5-40(4)60(85-61(87)50(71)27-41-15-7-6-8-16-41)68(94)83-58(32-46-36-73-38-77-46)65(91)78-53(21-13-14-26-70)62(88)80-55(29-43-33-74-51-19-11-9-17-48(43)51)64(90)82-57(31-45-35-72-37-76-45)66(92)81-56(30-44-34-75-52-20-12-10-18-49(44)52)63(89)79-54(28-42-22-24-47(86)25-23-42)67(93)84-59(39(2)3)69(95)96/h6-12,15-20,22-25,33-40,50,53-60,74-75,86H,5,13-14,21,26-32,70-71H2,1-4H3,(H,72,76)(H,73,77)(H,78,91)(H,79,89)(H,80,88)(H,81,92)(H,82,90)(H,83,94)(H,84,93)(H,85,87)(H,95,96)/t40-,50-,53-,54-,55-,56-,57-,58-,59-,60-/m0/s1. The topological polar surface area (TPSA) is 431 Å². The second-order valence-corrected chi connectivity index (χ2v) is 24.4. The summed E-state index contributed by atoms with van der Waals surface area (Å²) >= 11 is 0. The normalized spacial score (nSPS) is 14.5. The molecule has 18 N–H and O–H groups in total. The zero-order chi connectivity index (χ0) is 68.8. The SMILES string of the molecule is CC[C@H](C)[C@H](NC(=O)[C@@H](N)Cc1ccccc1)C(=O)N[C@@H](Cc1cnc[nH]1)C(=O)N[C@@H](CCCCN)C(=O)N[C@@H](Cc1c[nH]c2ccccc12)C(=O)N[C@@H](Cc1cnc[nH]1)C(=O)N[C@@H](Cc1c[nH]c2ccccc12)C(=O)N[C@@H](Cc1ccc(O)cc1)C(=O)N[C@H](C(=O)O)C(C)C. The summed E-state index contributed by atoms with van der Waals surface area (Å²) in [7, 11) is 0. The molecule has 0 aliphatic heterocycles. The van der Waals surface area contributed by atoms with Crippen molar-refractivity contribution in [3.05, 3.63) is 174 Å². The highest BCUT2D eigenvalue weighted by Crippen LogP contribution is 2.23. The lowest BCUT2D eigenvalue weighted by Gasteiger charge is -2.29. The molecule has 4 aromatic heterocycles. The van der Waals surface area contributed by atoms with Crippen molar-refractivity contribution in [2.75, 3.05) is 6.54 Å². The van der Waals surface area contributed by atoms with Gasteiger partial charge in [0.2, 0.25) is 47.3 Å². The lowest BCUT2D eigenvalue weighted by atomic mass is 9.96. The van der Waals surface area contributed by atoms with Gasteiger partial charge >= 0.3 is 5.97 Å². The summed E-state index contributed by atoms with van der Waals surface area (Å²) in [5.41, 5.74) is 17.1. The average Bonchev–Trinajstić information content (AvgIpc) is 1.74. The molecule has 27 nitrogen and oxygen atoms in total. The van der Waals surface area contributed by atoms with Gasteiger partial charge in [0, 0.05) is 90.1 Å². The Kier molecular flexibility index (Phi) is 25.6. The van der Waals surface area contributed by atoms with Crippen LogP contribution in [0.5, 0.6) is 5.75 Å². The number of aliphatic carboxylic acids is 1. The Balaban J connectivity index is 1.08. The molecular weight excluding hydrogens is 1230 g/mol. The summed E-state index contributed by atoms with van der Waals surface area (Å²) in [6.07, 6.45) is 9.70. The lowest BCUT2D eigenvalue weighted by molar-refractivity contribution is -0.143. The van der Waals surface area contributed by atoms with Gasteiger partial charge in [0.1, 0.15) is 54.1 Å². The number of nitrogens with one attached hydrogen (secondary N) is 12. The lowest BCUT2D eigenvalue weighted by Crippen LogP contribution is -2.61. The van der Waals surface area contributed by atoms with Crippen LogP contribution in [0.1, 0.15) is 87.0 Å². The van der Waals surface area contributed by atoms with Crippen molar-refractivity contribution in [2.24, 2.45) is 23.3 Å². The highest BCUT2D eigenvalue weighted by Gasteiger charge is 2.37. The molecule has 4 aromatic carbocycles. The number of aromatic nitrogens is 6. The molecule has 0 bridgehead atoms. The number of amides is 8. The van der Waals surface area contributed by atoms with Gasteiger partial charge in [-0.05, 0) is 90.6 Å². The number of imidazole rings is 2. The number of carbonyl (C=O) groups excluding carboxylic acids is 8. The molecule has 96 heavy (non-hydrogen) atoms. The minimum atomic E-state index is -1.51. The van der Waals surface area contributed by atoms with E-state index in [1.807, 2.05) is 79.7 Å². The van der Waals surface area contributed by atoms with Crippen LogP contribution in [0.3, 0.4) is 0 Å². The van der Waals surface area contributed by atoms with Gasteiger partial charge in [-0.2, -0.15) is 0 Å². The predicted octanol–water partition coefficient (Wildman–Crippen LogP) is 2.68. The van der Waals surface area contributed by atoms with Crippen LogP contribution in [0.2, 0.25) is 0 Å². The quantitative estimate of drug-likeness (QED) is 0.0251. The number of phenolic OH excluding ortho intramolecular Hbond substituents is 1. The van der Waals surface area contributed by atoms with Gasteiger partial charge in [-0.1, -0.05) is 113 Å². The van der Waals surface area contributed by atoms with Crippen molar-refractivity contribution in [3.8, 4) is 5.75 Å². The van der Waals surface area contributed by atoms with E-state index < -0.39 is 119 Å². The number of H-pyrrole nitrogens is 4. The number of carboxylic acids is 1. The highest BCUT2D eigenvalue weighted by molar-refractivity contribution is 5.99. The molecule has 8 rings (SSSR count). The molecule has 0 fully saturated rings. The first-order chi connectivity index (χ1) is 46.2. The molecule has 8 amide bonds. The number of aromatic hydroxyl groups is 1. The number of carboxylic acid groups (broad SMARTS) is 1. The number of phenols is 1. The molecule has 27 heteroatoms. The maximum atomic E-state index is 15.3. The summed E-state index contributed by atoms with van der Waals surface area (Å²) < 4.78 is 0. The number of rotatable bonds is 36. The van der Waals surface area contributed by atoms with Gasteiger partial charge in [0.25, 0.3) is 0 Å². The van der Waals surface area contributed by atoms with Crippen LogP contribution < -0.4 is 54.0 Å². The maximum absolute atomic E-state index is 15.3. The minimum absolute atomic E-state index is 0.0197. The van der Waals surface area contributed by atoms with Crippen molar-refractivity contribution >= 4 is 75.0 Å². The summed E-state index contributed by atoms with van der Waals surface area (Å²) in [6, 6.07) is 17.6. The third-order valence-electron chi connectivity index (χ3n) is 16.9. The second kappa shape index (κ2) is 34.5. The van der Waals surface area contributed by atoms with Crippen LogP contribution >= 0.6 is 0 Å². The monoisotopic (exact) mass is 1310 g/mol. The van der Waals surface area contributed by atoms with Crippen molar-refractivity contribution in [1.82, 2.24) is 72.4 Å². The van der Waals surface area contributed by atoms with Crippen molar-refractivity contribution in [1.29, 1.82) is 0 Å². The number of carbonyl (C=O) groups is 9. The van der Waals surface area contributed by atoms with Crippen molar-refractivity contribution < 1.29 is 53.4 Å². The molecule has 0 saturated carbocycles. The summed E-state index contributed by atoms with van der Waals surface area (Å²) in [5, 5.41) is 43.9. The molecule has 4 heterocycles. The van der Waals surface area contributed by atoms with Crippen LogP contribution in [-0.2, 0) is 81.7 Å². The Morgan fingerprint density at radius 1 is 0.469 bits per heavy atom. The number of nitrogens with zero attached hydrogens (tertiary/aromatic N) is 2. The Bertz CT molecular complexity index is 3890. The molecule has 0 unspecified atom stereocenters. The Labute approximate surface area is 554 Å². The summed E-state index contributed by atoms with van der Waals surface area (Å²) in [4.78, 5) is 151. The van der Waals surface area contributed by atoms with Gasteiger partial charge in [-0.3, -0.25) is 38.4 Å². The van der Waals surface area contributed by atoms with E-state index in [1.54, 1.807) is 51.4 Å². The van der Waals surface area contributed by atoms with Gasteiger partial charge in [0.05, 0.1) is 18.7 Å². The number of hydrogen-bond acceptors (Lipinski definition) is 14. The average molecular weight is 1320 g/mol. The number of fused-ring (bicyclic) bond motifs is 2. The number of hydrogen-bond donors (Lipinski definition) is 16. The van der Waals surface area contributed by atoms with Gasteiger partial charge < -0.3 is 84.2 Å². The van der Waals surface area contributed by atoms with Crippen molar-refractivity contribution in [3.63, 3.8) is 0 Å². The number of para-hydroxylation sites is 2. The molecule has 0 spiro atoms. The Morgan fingerprint density at radius 2 is 0.896 bits per heavy atom. The number of nitrogens with two attached hydrogens (primary N) is 2. The molecule has 508 valence electrons. The van der Waals surface area contributed by atoms with Gasteiger partial charge in [-0.15, -0.1) is 0 Å². The van der Waals surface area contributed by atoms with E-state index in [-0.39, 0.29) is 57.2 Å². The largest absolute Gasteiger partial charge is 0.508 e. The van der Waals surface area contributed by atoms with E-state index in [9.17, 15) is 34.2 Å². The first kappa shape index (κ1) is 71.2. The highest BCUT2D eigenvalue weighted by atomic mass is 16.4. The fraction of sp³-hybridized carbons (Fsp3) is 0.377. The molecule has 0 aliphatic rings. The maximum Gasteiger partial charge on any atom is 0.326 e. The fourth-order valence-corrected chi connectivity index (χ4v) is 11.3. The first-order valence-corrected chi connectivity index (χ1v) is 32.2. The smallest absolute Gasteiger partial charge is 0.326 e. The number of aromatic amines is 4. The first-order valence-electron chi connectivity index (χ1n) is 32.2.